The minimum absolute atomic E-state index is 0.136. The van der Waals surface area contributed by atoms with Gasteiger partial charge in [-0.1, -0.05) is 11.8 Å². The Kier molecular flexibility index (Phi) is 5.22. The van der Waals surface area contributed by atoms with Crippen LogP contribution in [0.15, 0.2) is 11.4 Å². The number of hydrogen-bond donors (Lipinski definition) is 0. The van der Waals surface area contributed by atoms with Crippen LogP contribution in [0.1, 0.15) is 31.2 Å². The van der Waals surface area contributed by atoms with E-state index in [2.05, 4.69) is 23.8 Å². The van der Waals surface area contributed by atoms with Crippen molar-refractivity contribution in [3.8, 4) is 0 Å². The SMILES string of the molecule is CCN(CC)C(=O)C(C)Sc1ncnc2sc(C)c(C)c12. The molecule has 0 aliphatic carbocycles. The monoisotopic (exact) mass is 323 g/mol. The predicted octanol–water partition coefficient (Wildman–Crippen LogP) is 3.66. The lowest BCUT2D eigenvalue weighted by Gasteiger charge is -2.22. The first kappa shape index (κ1) is 16.2. The van der Waals surface area contributed by atoms with E-state index in [1.807, 2.05) is 25.7 Å². The van der Waals surface area contributed by atoms with Crippen molar-refractivity contribution in [3.05, 3.63) is 16.8 Å². The van der Waals surface area contributed by atoms with Crippen molar-refractivity contribution >= 4 is 39.2 Å². The van der Waals surface area contributed by atoms with E-state index in [-0.39, 0.29) is 11.2 Å². The molecule has 0 radical (unpaired) electrons. The second-order valence-electron chi connectivity index (χ2n) is 4.91. The summed E-state index contributed by atoms with van der Waals surface area (Å²) in [5.41, 5.74) is 1.22. The standard InChI is InChI=1S/C15H21N3OS2/c1-6-18(7-2)15(19)11(5)21-14-12-9(3)10(4)20-13(12)16-8-17-14/h8,11H,6-7H2,1-5H3. The third kappa shape index (κ3) is 3.21. The van der Waals surface area contributed by atoms with Crippen LogP contribution in [0.4, 0.5) is 0 Å². The van der Waals surface area contributed by atoms with Crippen LogP contribution >= 0.6 is 23.1 Å². The number of aryl methyl sites for hydroxylation is 2. The Hall–Kier alpha value is -1.14. The molecule has 0 aromatic carbocycles. The molecule has 0 spiro atoms. The molecule has 2 aromatic heterocycles. The van der Waals surface area contributed by atoms with Crippen LogP contribution in [0.3, 0.4) is 0 Å². The minimum Gasteiger partial charge on any atom is -0.342 e. The van der Waals surface area contributed by atoms with Gasteiger partial charge in [-0.15, -0.1) is 11.3 Å². The van der Waals surface area contributed by atoms with Gasteiger partial charge in [-0.3, -0.25) is 4.79 Å². The smallest absolute Gasteiger partial charge is 0.235 e. The van der Waals surface area contributed by atoms with Crippen molar-refractivity contribution in [1.82, 2.24) is 14.9 Å². The molecule has 2 aromatic rings. The van der Waals surface area contributed by atoms with E-state index < -0.39 is 0 Å². The van der Waals surface area contributed by atoms with Crippen molar-refractivity contribution in [2.24, 2.45) is 0 Å². The normalized spacial score (nSPS) is 12.6. The summed E-state index contributed by atoms with van der Waals surface area (Å²) in [5.74, 6) is 0.168. The van der Waals surface area contributed by atoms with Crippen LogP contribution in [0, 0.1) is 13.8 Å². The van der Waals surface area contributed by atoms with Gasteiger partial charge in [0.25, 0.3) is 0 Å². The van der Waals surface area contributed by atoms with Gasteiger partial charge in [-0.25, -0.2) is 9.97 Å². The van der Waals surface area contributed by atoms with E-state index >= 15 is 0 Å². The summed E-state index contributed by atoms with van der Waals surface area (Å²) in [4.78, 5) is 25.3. The van der Waals surface area contributed by atoms with Gasteiger partial charge in [-0.05, 0) is 40.2 Å². The van der Waals surface area contributed by atoms with Gasteiger partial charge >= 0.3 is 0 Å². The highest BCUT2D eigenvalue weighted by Crippen LogP contribution is 2.36. The van der Waals surface area contributed by atoms with Gasteiger partial charge in [0.1, 0.15) is 16.2 Å². The fourth-order valence-electron chi connectivity index (χ4n) is 2.25. The molecule has 0 N–H and O–H groups in total. The number of aromatic nitrogens is 2. The first-order valence-electron chi connectivity index (χ1n) is 7.15. The summed E-state index contributed by atoms with van der Waals surface area (Å²) in [5, 5.41) is 1.88. The van der Waals surface area contributed by atoms with Gasteiger partial charge in [0.15, 0.2) is 0 Å². The Morgan fingerprint density at radius 1 is 1.33 bits per heavy atom. The lowest BCUT2D eigenvalue weighted by Crippen LogP contribution is -2.36. The van der Waals surface area contributed by atoms with Crippen LogP contribution in [0.25, 0.3) is 10.2 Å². The Labute approximate surface area is 134 Å². The number of amides is 1. The average Bonchev–Trinajstić information content (AvgIpc) is 2.76. The molecule has 1 atom stereocenters. The lowest BCUT2D eigenvalue weighted by molar-refractivity contribution is -0.129. The topological polar surface area (TPSA) is 46.1 Å². The zero-order valence-electron chi connectivity index (χ0n) is 13.1. The number of fused-ring (bicyclic) bond motifs is 1. The second-order valence-corrected chi connectivity index (χ2v) is 7.45. The van der Waals surface area contributed by atoms with Gasteiger partial charge in [-0.2, -0.15) is 0 Å². The van der Waals surface area contributed by atoms with Crippen molar-refractivity contribution in [3.63, 3.8) is 0 Å². The molecule has 114 valence electrons. The number of nitrogens with zero attached hydrogens (tertiary/aromatic N) is 3. The quantitative estimate of drug-likeness (QED) is 0.622. The van der Waals surface area contributed by atoms with E-state index in [1.54, 1.807) is 17.7 Å². The molecule has 21 heavy (non-hydrogen) atoms. The first-order chi connectivity index (χ1) is 9.99. The van der Waals surface area contributed by atoms with Crippen molar-refractivity contribution in [1.29, 1.82) is 0 Å². The zero-order valence-corrected chi connectivity index (χ0v) is 14.8. The first-order valence-corrected chi connectivity index (χ1v) is 8.85. The van der Waals surface area contributed by atoms with Crippen LogP contribution in [0.2, 0.25) is 0 Å². The van der Waals surface area contributed by atoms with Crippen LogP contribution in [0.5, 0.6) is 0 Å². The van der Waals surface area contributed by atoms with Crippen molar-refractivity contribution < 1.29 is 4.79 Å². The largest absolute Gasteiger partial charge is 0.342 e. The second kappa shape index (κ2) is 6.75. The Morgan fingerprint density at radius 2 is 2.00 bits per heavy atom. The van der Waals surface area contributed by atoms with E-state index in [1.165, 1.54) is 22.2 Å². The fraction of sp³-hybridized carbons (Fsp3) is 0.533. The molecule has 0 fully saturated rings. The molecule has 1 amide bonds. The molecular weight excluding hydrogens is 302 g/mol. The molecule has 2 heterocycles. The van der Waals surface area contributed by atoms with Crippen LogP contribution < -0.4 is 0 Å². The van der Waals surface area contributed by atoms with E-state index in [9.17, 15) is 4.79 Å². The summed E-state index contributed by atoms with van der Waals surface area (Å²) >= 11 is 3.22. The van der Waals surface area contributed by atoms with E-state index in [4.69, 9.17) is 0 Å². The molecule has 2 rings (SSSR count). The van der Waals surface area contributed by atoms with Crippen LogP contribution in [-0.2, 0) is 4.79 Å². The maximum Gasteiger partial charge on any atom is 0.235 e. The molecule has 0 saturated carbocycles. The highest BCUT2D eigenvalue weighted by Gasteiger charge is 2.22. The number of rotatable bonds is 5. The minimum atomic E-state index is -0.136. The Morgan fingerprint density at radius 3 is 2.62 bits per heavy atom. The number of thioether (sulfide) groups is 1. The molecule has 4 nitrogen and oxygen atoms in total. The van der Waals surface area contributed by atoms with Gasteiger partial charge in [0, 0.05) is 23.4 Å². The molecule has 6 heteroatoms. The van der Waals surface area contributed by atoms with Crippen molar-refractivity contribution in [2.45, 2.75) is 44.9 Å². The number of thiophene rings is 1. The summed E-state index contributed by atoms with van der Waals surface area (Å²) in [6.45, 7) is 11.7. The summed E-state index contributed by atoms with van der Waals surface area (Å²) < 4.78 is 0. The van der Waals surface area contributed by atoms with Gasteiger partial charge in [0.05, 0.1) is 5.25 Å². The third-order valence-corrected chi connectivity index (χ3v) is 5.85. The maximum atomic E-state index is 12.4. The number of hydrogen-bond acceptors (Lipinski definition) is 5. The zero-order chi connectivity index (χ0) is 15.6. The predicted molar refractivity (Wildman–Crippen MR) is 90.1 cm³/mol. The third-order valence-electron chi connectivity index (χ3n) is 3.64. The number of carbonyl (C=O) groups excluding carboxylic acids is 1. The summed E-state index contributed by atoms with van der Waals surface area (Å²) in [7, 11) is 0. The number of carbonyl (C=O) groups is 1. The van der Waals surface area contributed by atoms with Gasteiger partial charge < -0.3 is 4.90 Å². The molecular formula is C15H21N3OS2. The molecule has 0 bridgehead atoms. The fourth-order valence-corrected chi connectivity index (χ4v) is 4.37. The van der Waals surface area contributed by atoms with Gasteiger partial charge in [0.2, 0.25) is 5.91 Å². The molecule has 1 unspecified atom stereocenters. The molecule has 0 saturated heterocycles. The van der Waals surface area contributed by atoms with Crippen LogP contribution in [-0.4, -0.2) is 39.1 Å². The highest BCUT2D eigenvalue weighted by atomic mass is 32.2. The summed E-state index contributed by atoms with van der Waals surface area (Å²) in [6, 6.07) is 0. The maximum absolute atomic E-state index is 12.4. The molecule has 0 aliphatic heterocycles. The lowest BCUT2D eigenvalue weighted by atomic mass is 10.2. The van der Waals surface area contributed by atoms with Crippen molar-refractivity contribution in [2.75, 3.05) is 13.1 Å². The Balaban J connectivity index is 2.29. The molecule has 0 aliphatic rings. The average molecular weight is 323 g/mol. The Bertz CT molecular complexity index is 650. The van der Waals surface area contributed by atoms with E-state index in [0.29, 0.717) is 0 Å². The van der Waals surface area contributed by atoms with E-state index in [0.717, 1.165) is 28.3 Å². The summed E-state index contributed by atoms with van der Waals surface area (Å²) in [6.07, 6.45) is 1.59. The highest BCUT2D eigenvalue weighted by molar-refractivity contribution is 8.00.